The fraction of sp³-hybridized carbons (Fsp3) is 0.130. The number of benzene rings is 2. The highest BCUT2D eigenvalue weighted by Gasteiger charge is 2.46. The number of halogens is 1. The van der Waals surface area contributed by atoms with Gasteiger partial charge in [0.2, 0.25) is 11.1 Å². The van der Waals surface area contributed by atoms with E-state index >= 15 is 0 Å². The molecule has 1 amide bonds. The average Bonchev–Trinajstić information content (AvgIpc) is 3.27. The first kappa shape index (κ1) is 20.7. The number of hydrogen-bond acceptors (Lipinski definition) is 5. The van der Waals surface area contributed by atoms with Gasteiger partial charge in [0.05, 0.1) is 11.3 Å². The smallest absolute Gasteiger partial charge is 0.325 e. The summed E-state index contributed by atoms with van der Waals surface area (Å²) in [6.07, 6.45) is 1.09. The number of para-hydroxylation sites is 1. The number of hydrogen-bond donors (Lipinski definition) is 1. The molecule has 0 bridgehead atoms. The molecule has 0 spiro atoms. The lowest BCUT2D eigenvalue weighted by Gasteiger charge is -2.29. The molecule has 0 fully saturated rings. The van der Waals surface area contributed by atoms with E-state index in [0.29, 0.717) is 33.6 Å². The van der Waals surface area contributed by atoms with E-state index in [-0.39, 0.29) is 11.5 Å². The molecule has 7 nitrogen and oxygen atoms in total. The molecule has 160 valence electrons. The van der Waals surface area contributed by atoms with Gasteiger partial charge in [0.25, 0.3) is 0 Å². The Morgan fingerprint density at radius 2 is 1.91 bits per heavy atom. The van der Waals surface area contributed by atoms with Gasteiger partial charge in [-0.2, -0.15) is 0 Å². The minimum atomic E-state index is -0.741. The second-order valence-electron chi connectivity index (χ2n) is 7.25. The summed E-state index contributed by atoms with van der Waals surface area (Å²) in [6, 6.07) is 18.8. The number of carbonyl (C=O) groups excluding carboxylic acids is 1. The van der Waals surface area contributed by atoms with Crippen LogP contribution in [-0.4, -0.2) is 22.2 Å². The fourth-order valence-corrected chi connectivity index (χ4v) is 4.55. The van der Waals surface area contributed by atoms with E-state index in [1.54, 1.807) is 9.58 Å². The summed E-state index contributed by atoms with van der Waals surface area (Å²) in [5.74, 6) is 0.978. The van der Waals surface area contributed by atoms with Gasteiger partial charge in [0, 0.05) is 22.1 Å². The summed E-state index contributed by atoms with van der Waals surface area (Å²) >= 11 is 4.76. The van der Waals surface area contributed by atoms with Crippen LogP contribution < -0.4 is 15.1 Å². The third-order valence-electron chi connectivity index (χ3n) is 5.30. The lowest BCUT2D eigenvalue weighted by molar-refractivity contribution is -0.764. The van der Waals surface area contributed by atoms with Crippen LogP contribution in [0.25, 0.3) is 22.6 Å². The Balaban J connectivity index is 1.74. The van der Waals surface area contributed by atoms with Crippen molar-refractivity contribution in [2.75, 3.05) is 11.2 Å². The number of thioether (sulfide) groups is 1. The molecule has 1 aliphatic heterocycles. The number of aromatic amines is 1. The Morgan fingerprint density at radius 3 is 2.62 bits per heavy atom. The van der Waals surface area contributed by atoms with Gasteiger partial charge in [0.1, 0.15) is 5.76 Å². The van der Waals surface area contributed by atoms with E-state index in [1.807, 2.05) is 66.9 Å². The van der Waals surface area contributed by atoms with Crippen molar-refractivity contribution in [2.45, 2.75) is 18.2 Å². The van der Waals surface area contributed by atoms with Crippen molar-refractivity contribution in [2.24, 2.45) is 0 Å². The molecular weight excluding hydrogens is 492 g/mol. The van der Waals surface area contributed by atoms with Gasteiger partial charge in [-0.15, -0.1) is 0 Å². The highest BCUT2D eigenvalue weighted by atomic mass is 79.9. The van der Waals surface area contributed by atoms with Crippen LogP contribution in [0.15, 0.2) is 79.5 Å². The Labute approximate surface area is 196 Å². The number of anilines is 1. The van der Waals surface area contributed by atoms with E-state index in [1.165, 1.54) is 18.7 Å². The Kier molecular flexibility index (Phi) is 5.22. The first-order chi connectivity index (χ1) is 15.5. The van der Waals surface area contributed by atoms with Crippen molar-refractivity contribution >= 4 is 39.3 Å². The Hall–Kier alpha value is -3.17. The summed E-state index contributed by atoms with van der Waals surface area (Å²) in [7, 11) is 0. The molecule has 0 saturated heterocycles. The van der Waals surface area contributed by atoms with E-state index in [4.69, 9.17) is 4.42 Å². The number of furan rings is 1. The van der Waals surface area contributed by atoms with Crippen LogP contribution in [0, 0.1) is 0 Å². The van der Waals surface area contributed by atoms with Crippen molar-refractivity contribution in [3.8, 4) is 22.6 Å². The minimum absolute atomic E-state index is 0.185. The molecule has 32 heavy (non-hydrogen) atoms. The van der Waals surface area contributed by atoms with Crippen LogP contribution in [0.2, 0.25) is 0 Å². The van der Waals surface area contributed by atoms with Gasteiger partial charge in [-0.1, -0.05) is 52.0 Å². The first-order valence-electron chi connectivity index (χ1n) is 9.83. The monoisotopic (exact) mass is 509 g/mol. The zero-order valence-electron chi connectivity index (χ0n) is 17.2. The molecule has 4 aromatic rings. The first-order valence-corrected chi connectivity index (χ1v) is 11.8. The summed E-state index contributed by atoms with van der Waals surface area (Å²) in [5, 5.41) is 5.09. The average molecular weight is 510 g/mol. The number of fused-ring (bicyclic) bond motifs is 3. The van der Waals surface area contributed by atoms with Gasteiger partial charge in [-0.05, 0) is 47.3 Å². The number of nitrogens with one attached hydrogen (secondary N) is 1. The van der Waals surface area contributed by atoms with Crippen molar-refractivity contribution in [1.82, 2.24) is 10.1 Å². The number of carbonyl (C=O) groups is 1. The molecule has 3 heterocycles. The molecule has 0 aliphatic carbocycles. The maximum atomic E-state index is 13.1. The van der Waals surface area contributed by atoms with Gasteiger partial charge >= 0.3 is 17.4 Å². The molecule has 2 aromatic heterocycles. The van der Waals surface area contributed by atoms with E-state index in [9.17, 15) is 9.59 Å². The second-order valence-corrected chi connectivity index (χ2v) is 8.96. The summed E-state index contributed by atoms with van der Waals surface area (Å²) in [4.78, 5) is 30.3. The molecule has 1 aliphatic rings. The molecule has 5 rings (SSSR count). The highest BCUT2D eigenvalue weighted by Crippen LogP contribution is 2.38. The van der Waals surface area contributed by atoms with Crippen molar-refractivity contribution < 1.29 is 13.9 Å². The lowest BCUT2D eigenvalue weighted by Crippen LogP contribution is -2.60. The molecule has 2 aromatic carbocycles. The largest absolute Gasteiger partial charge is 0.452 e. The molecule has 0 saturated carbocycles. The van der Waals surface area contributed by atoms with Crippen LogP contribution >= 0.6 is 27.7 Å². The van der Waals surface area contributed by atoms with Crippen LogP contribution in [0.3, 0.4) is 0 Å². The number of aromatic nitrogens is 3. The predicted octanol–water partition coefficient (Wildman–Crippen LogP) is 4.38. The van der Waals surface area contributed by atoms with E-state index in [0.717, 1.165) is 10.0 Å². The van der Waals surface area contributed by atoms with Crippen LogP contribution in [0.4, 0.5) is 5.69 Å². The Bertz CT molecular complexity index is 1400. The molecule has 1 atom stereocenters. The molecule has 0 unspecified atom stereocenters. The Morgan fingerprint density at radius 1 is 1.16 bits per heavy atom. The normalized spacial score (nSPS) is 14.7. The minimum Gasteiger partial charge on any atom is -0.452 e. The van der Waals surface area contributed by atoms with Crippen LogP contribution in [0.1, 0.15) is 18.8 Å². The standard InChI is InChI=1S/C23H17BrN4O3S/c1-13(29)27-17-6-4-3-5-16(17)20-21(30)25-23(32-2)26-28(20)22(27)19-12-11-18(31-19)14-7-9-15(24)10-8-14/h3-12,22H,1-2H3/p+1/t22-/m0/s1. The molecule has 0 radical (unpaired) electrons. The topological polar surface area (TPSA) is 83.1 Å². The van der Waals surface area contributed by atoms with Crippen LogP contribution in [-0.2, 0) is 4.79 Å². The predicted molar refractivity (Wildman–Crippen MR) is 125 cm³/mol. The maximum absolute atomic E-state index is 13.1. The SMILES string of the molecule is CSc1n[n+]2c(c(=O)[nH]1)-c1ccccc1N(C(C)=O)[C@@H]2c1ccc(-c2ccc(Br)cc2)o1. The number of nitrogens with zero attached hydrogens (tertiary/aromatic N) is 3. The third-order valence-corrected chi connectivity index (χ3v) is 6.40. The summed E-state index contributed by atoms with van der Waals surface area (Å²) < 4.78 is 8.78. The quantitative estimate of drug-likeness (QED) is 0.327. The highest BCUT2D eigenvalue weighted by molar-refractivity contribution is 9.10. The summed E-state index contributed by atoms with van der Waals surface area (Å²) in [5.41, 5.74) is 2.28. The molecule has 9 heteroatoms. The van der Waals surface area contributed by atoms with Gasteiger partial charge in [-0.25, -0.2) is 4.90 Å². The number of rotatable bonds is 3. The van der Waals surface area contributed by atoms with Crippen molar-refractivity contribution in [1.29, 1.82) is 0 Å². The molecular formula is C23H18BrN4O3S+. The maximum Gasteiger partial charge on any atom is 0.325 e. The van der Waals surface area contributed by atoms with Crippen LogP contribution in [0.5, 0.6) is 0 Å². The van der Waals surface area contributed by atoms with Crippen molar-refractivity contribution in [3.05, 3.63) is 81.3 Å². The van der Waals surface area contributed by atoms with E-state index < -0.39 is 6.17 Å². The summed E-state index contributed by atoms with van der Waals surface area (Å²) in [6.45, 7) is 1.50. The number of amides is 1. The van der Waals surface area contributed by atoms with Crippen molar-refractivity contribution in [3.63, 3.8) is 0 Å². The van der Waals surface area contributed by atoms with Gasteiger partial charge in [-0.3, -0.25) is 14.6 Å². The fourth-order valence-electron chi connectivity index (χ4n) is 3.92. The number of H-pyrrole nitrogens is 1. The third kappa shape index (κ3) is 3.37. The van der Waals surface area contributed by atoms with E-state index in [2.05, 4.69) is 26.0 Å². The lowest BCUT2D eigenvalue weighted by atomic mass is 10.0. The zero-order valence-corrected chi connectivity index (χ0v) is 19.6. The molecule has 1 N–H and O–H groups in total. The second kappa shape index (κ2) is 8.07. The van der Waals surface area contributed by atoms with Gasteiger partial charge < -0.3 is 4.42 Å². The van der Waals surface area contributed by atoms with Gasteiger partial charge in [0.15, 0.2) is 5.76 Å². The zero-order chi connectivity index (χ0) is 22.4.